The first-order valence-corrected chi connectivity index (χ1v) is 12.8. The first-order valence-electron chi connectivity index (χ1n) is 12.8. The normalized spacial score (nSPS) is 12.6. The molecule has 1 aromatic heterocycles. The Morgan fingerprint density at radius 1 is 0.974 bits per heavy atom. The number of nitrogens with zero attached hydrogens (tertiary/aromatic N) is 3. The van der Waals surface area contributed by atoms with E-state index in [1.807, 2.05) is 25.1 Å². The molecule has 0 saturated carbocycles. The molecule has 3 aromatic rings. The van der Waals surface area contributed by atoms with Gasteiger partial charge in [0.05, 0.1) is 17.7 Å². The number of amides is 2. The standard InChI is InChI=1S/C29H35N3O6/c1-5-31(6-2)11-12-37-22-10-8-20-16-32(17-21(20)13-22)29(36)25-14-24(26(33)15-27(25)34)28(35)30(4)18-23-9-7-19(3)38-23/h7-10,13-15,33-34H,5-6,11-12,16-18H2,1-4H3. The highest BCUT2D eigenvalue weighted by atomic mass is 16.5. The van der Waals surface area contributed by atoms with Crippen molar-refractivity contribution >= 4 is 11.8 Å². The lowest BCUT2D eigenvalue weighted by atomic mass is 10.1. The summed E-state index contributed by atoms with van der Waals surface area (Å²) in [7, 11) is 1.58. The molecule has 1 aliphatic heterocycles. The number of hydrogen-bond acceptors (Lipinski definition) is 7. The van der Waals surface area contributed by atoms with E-state index in [4.69, 9.17) is 9.15 Å². The molecule has 2 N–H and O–H groups in total. The zero-order chi connectivity index (χ0) is 27.4. The molecule has 2 heterocycles. The minimum absolute atomic E-state index is 0.0445. The Hall–Kier alpha value is -3.98. The maximum absolute atomic E-state index is 13.4. The minimum atomic E-state index is -0.498. The van der Waals surface area contributed by atoms with Gasteiger partial charge in [-0.05, 0) is 61.5 Å². The van der Waals surface area contributed by atoms with E-state index in [1.54, 1.807) is 24.1 Å². The Morgan fingerprint density at radius 2 is 1.68 bits per heavy atom. The van der Waals surface area contributed by atoms with Gasteiger partial charge < -0.3 is 34.1 Å². The van der Waals surface area contributed by atoms with Gasteiger partial charge in [-0.25, -0.2) is 0 Å². The summed E-state index contributed by atoms with van der Waals surface area (Å²) in [4.78, 5) is 31.7. The van der Waals surface area contributed by atoms with Crippen LogP contribution in [0.1, 0.15) is 57.2 Å². The third-order valence-electron chi connectivity index (χ3n) is 6.87. The Balaban J connectivity index is 1.45. The number of phenols is 2. The third kappa shape index (κ3) is 5.94. The fourth-order valence-electron chi connectivity index (χ4n) is 4.61. The van der Waals surface area contributed by atoms with Crippen molar-refractivity contribution in [1.29, 1.82) is 0 Å². The summed E-state index contributed by atoms with van der Waals surface area (Å²) in [5.41, 5.74) is 1.86. The maximum atomic E-state index is 13.4. The lowest BCUT2D eigenvalue weighted by molar-refractivity contribution is 0.0748. The first kappa shape index (κ1) is 27.1. The monoisotopic (exact) mass is 521 g/mol. The Labute approximate surface area is 222 Å². The minimum Gasteiger partial charge on any atom is -0.507 e. The summed E-state index contributed by atoms with van der Waals surface area (Å²) < 4.78 is 11.5. The van der Waals surface area contributed by atoms with Gasteiger partial charge in [0.1, 0.15) is 35.4 Å². The SMILES string of the molecule is CCN(CC)CCOc1ccc2c(c1)CN(C(=O)c1cc(C(=O)N(C)Cc3ccc(C)o3)c(O)cc1O)C2. The van der Waals surface area contributed by atoms with Crippen LogP contribution in [0.3, 0.4) is 0 Å². The molecule has 2 amide bonds. The van der Waals surface area contributed by atoms with Crippen LogP contribution < -0.4 is 4.74 Å². The Kier molecular flexibility index (Phi) is 8.26. The number of rotatable bonds is 10. The first-order chi connectivity index (χ1) is 18.2. The summed E-state index contributed by atoms with van der Waals surface area (Å²) in [6.07, 6.45) is 0. The number of aromatic hydroxyl groups is 2. The van der Waals surface area contributed by atoms with Crippen LogP contribution in [0.2, 0.25) is 0 Å². The number of phenolic OH excluding ortho intramolecular Hbond substituents is 2. The highest BCUT2D eigenvalue weighted by Gasteiger charge is 2.29. The Bertz CT molecular complexity index is 1310. The van der Waals surface area contributed by atoms with E-state index in [0.717, 1.165) is 48.3 Å². The van der Waals surface area contributed by atoms with Crippen LogP contribution in [0.4, 0.5) is 0 Å². The van der Waals surface area contributed by atoms with Gasteiger partial charge in [-0.1, -0.05) is 19.9 Å². The molecule has 0 unspecified atom stereocenters. The quantitative estimate of drug-likeness (QED) is 0.413. The summed E-state index contributed by atoms with van der Waals surface area (Å²) in [6, 6.07) is 11.7. The van der Waals surface area contributed by atoms with Gasteiger partial charge in [0.25, 0.3) is 11.8 Å². The van der Waals surface area contributed by atoms with E-state index < -0.39 is 17.6 Å². The van der Waals surface area contributed by atoms with Gasteiger partial charge in [0.15, 0.2) is 0 Å². The smallest absolute Gasteiger partial charge is 0.258 e. The van der Waals surface area contributed by atoms with Crippen molar-refractivity contribution in [3.8, 4) is 17.2 Å². The predicted octanol–water partition coefficient (Wildman–Crippen LogP) is 4.15. The number of carbonyl (C=O) groups is 2. The summed E-state index contributed by atoms with van der Waals surface area (Å²) in [6.45, 7) is 10.3. The average Bonchev–Trinajstić information content (AvgIpc) is 3.51. The van der Waals surface area contributed by atoms with Gasteiger partial charge in [0.2, 0.25) is 0 Å². The van der Waals surface area contributed by atoms with Gasteiger partial charge >= 0.3 is 0 Å². The number of hydrogen-bond donors (Lipinski definition) is 2. The molecule has 0 radical (unpaired) electrons. The lowest BCUT2D eigenvalue weighted by Gasteiger charge is -2.19. The highest BCUT2D eigenvalue weighted by Crippen LogP contribution is 2.33. The van der Waals surface area contributed by atoms with E-state index in [9.17, 15) is 19.8 Å². The molecule has 0 bridgehead atoms. The molecule has 202 valence electrons. The fourth-order valence-corrected chi connectivity index (χ4v) is 4.61. The molecule has 2 aromatic carbocycles. The number of fused-ring (bicyclic) bond motifs is 1. The molecular formula is C29H35N3O6. The third-order valence-corrected chi connectivity index (χ3v) is 6.87. The molecule has 0 atom stereocenters. The zero-order valence-corrected chi connectivity index (χ0v) is 22.4. The number of benzene rings is 2. The molecule has 0 saturated heterocycles. The molecule has 0 fully saturated rings. The Morgan fingerprint density at radius 3 is 2.37 bits per heavy atom. The largest absolute Gasteiger partial charge is 0.507 e. The maximum Gasteiger partial charge on any atom is 0.258 e. The molecule has 0 aliphatic carbocycles. The highest BCUT2D eigenvalue weighted by molar-refractivity contribution is 6.03. The van der Waals surface area contributed by atoms with E-state index in [2.05, 4.69) is 18.7 Å². The van der Waals surface area contributed by atoms with Crippen LogP contribution in [0.5, 0.6) is 17.2 Å². The van der Waals surface area contributed by atoms with Crippen molar-refractivity contribution < 1.29 is 29.0 Å². The fraction of sp³-hybridized carbons (Fsp3) is 0.379. The molecule has 4 rings (SSSR count). The van der Waals surface area contributed by atoms with Crippen molar-refractivity contribution in [3.63, 3.8) is 0 Å². The number of aryl methyl sites for hydroxylation is 1. The van der Waals surface area contributed by atoms with Gasteiger partial charge in [-0.15, -0.1) is 0 Å². The van der Waals surface area contributed by atoms with Crippen LogP contribution >= 0.6 is 0 Å². The van der Waals surface area contributed by atoms with Crippen LogP contribution in [0.15, 0.2) is 46.9 Å². The van der Waals surface area contributed by atoms with Gasteiger partial charge in [0, 0.05) is 32.7 Å². The van der Waals surface area contributed by atoms with Crippen molar-refractivity contribution in [2.75, 3.05) is 33.3 Å². The van der Waals surface area contributed by atoms with Crippen LogP contribution in [0, 0.1) is 6.92 Å². The molecule has 9 heteroatoms. The van der Waals surface area contributed by atoms with Crippen molar-refractivity contribution in [1.82, 2.24) is 14.7 Å². The molecule has 0 spiro atoms. The number of carbonyl (C=O) groups excluding carboxylic acids is 2. The van der Waals surface area contributed by atoms with Crippen LogP contribution in [0.25, 0.3) is 0 Å². The van der Waals surface area contributed by atoms with Crippen LogP contribution in [-0.4, -0.2) is 70.0 Å². The average molecular weight is 522 g/mol. The predicted molar refractivity (Wildman–Crippen MR) is 142 cm³/mol. The lowest BCUT2D eigenvalue weighted by Crippen LogP contribution is -2.28. The number of ether oxygens (including phenoxy) is 1. The van der Waals surface area contributed by atoms with E-state index in [1.165, 1.54) is 11.0 Å². The van der Waals surface area contributed by atoms with E-state index in [0.29, 0.717) is 25.5 Å². The second-order valence-corrected chi connectivity index (χ2v) is 9.53. The van der Waals surface area contributed by atoms with Crippen molar-refractivity contribution in [2.24, 2.45) is 0 Å². The molecule has 1 aliphatic rings. The summed E-state index contributed by atoms with van der Waals surface area (Å²) >= 11 is 0. The number of likely N-dealkylation sites (N-methyl/N-ethyl adjacent to an activating group) is 1. The van der Waals surface area contributed by atoms with E-state index >= 15 is 0 Å². The van der Waals surface area contributed by atoms with Crippen LogP contribution in [-0.2, 0) is 19.6 Å². The van der Waals surface area contributed by atoms with E-state index in [-0.39, 0.29) is 23.4 Å². The van der Waals surface area contributed by atoms with Crippen molar-refractivity contribution in [2.45, 2.75) is 40.4 Å². The molecule has 38 heavy (non-hydrogen) atoms. The topological polar surface area (TPSA) is 107 Å². The molecule has 9 nitrogen and oxygen atoms in total. The van der Waals surface area contributed by atoms with Gasteiger partial charge in [-0.2, -0.15) is 0 Å². The second-order valence-electron chi connectivity index (χ2n) is 9.53. The second kappa shape index (κ2) is 11.6. The van der Waals surface area contributed by atoms with Gasteiger partial charge in [-0.3, -0.25) is 9.59 Å². The zero-order valence-electron chi connectivity index (χ0n) is 22.4. The summed E-state index contributed by atoms with van der Waals surface area (Å²) in [5.74, 6) is 0.362. The number of furan rings is 1. The summed E-state index contributed by atoms with van der Waals surface area (Å²) in [5, 5.41) is 20.9. The van der Waals surface area contributed by atoms with Crippen molar-refractivity contribution in [3.05, 3.63) is 76.2 Å². The molecular weight excluding hydrogens is 486 g/mol.